The highest BCUT2D eigenvalue weighted by molar-refractivity contribution is 7.25. The molecule has 9 aromatic rings. The minimum Gasteiger partial charge on any atom is -0.228 e. The summed E-state index contributed by atoms with van der Waals surface area (Å²) in [5, 5.41) is 2.54. The maximum atomic E-state index is 5.18. The Hall–Kier alpha value is -6.16. The van der Waals surface area contributed by atoms with E-state index in [4.69, 9.17) is 9.97 Å². The Morgan fingerprint density at radius 1 is 0.412 bits per heavy atom. The summed E-state index contributed by atoms with van der Waals surface area (Å²) in [6.07, 6.45) is 0. The second kappa shape index (κ2) is 11.7. The molecule has 10 rings (SSSR count). The van der Waals surface area contributed by atoms with Gasteiger partial charge < -0.3 is 0 Å². The standard InChI is InChI=1S/C48H32N2S/c1-48(36-17-6-3-7-18-36)41-21-10-8-19-37(41)38-25-23-33(29-42(38)48)32-15-12-16-34(27-32)43-30-44(50-47(49-43)31-13-4-2-5-14-31)35-24-26-46-40(28-35)39-20-9-11-22-45(39)51-46/h2-30H,1H3. The van der Waals surface area contributed by atoms with Gasteiger partial charge in [-0.15, -0.1) is 11.3 Å². The van der Waals surface area contributed by atoms with Crippen LogP contribution in [-0.4, -0.2) is 9.97 Å². The Labute approximate surface area is 301 Å². The first-order valence-electron chi connectivity index (χ1n) is 17.4. The van der Waals surface area contributed by atoms with Crippen LogP contribution < -0.4 is 0 Å². The molecule has 0 bridgehead atoms. The largest absolute Gasteiger partial charge is 0.228 e. The van der Waals surface area contributed by atoms with Crippen LogP contribution in [0.15, 0.2) is 176 Å². The summed E-state index contributed by atoms with van der Waals surface area (Å²) in [5.74, 6) is 0.720. The summed E-state index contributed by atoms with van der Waals surface area (Å²) < 4.78 is 2.58. The minimum absolute atomic E-state index is 0.248. The fourth-order valence-electron chi connectivity index (χ4n) is 7.96. The van der Waals surface area contributed by atoms with E-state index >= 15 is 0 Å². The van der Waals surface area contributed by atoms with E-state index in [0.29, 0.717) is 0 Å². The number of aromatic nitrogens is 2. The fourth-order valence-corrected chi connectivity index (χ4v) is 9.04. The van der Waals surface area contributed by atoms with Crippen molar-refractivity contribution in [1.82, 2.24) is 9.97 Å². The Balaban J connectivity index is 1.11. The summed E-state index contributed by atoms with van der Waals surface area (Å²) in [6, 6.07) is 63.4. The molecule has 1 unspecified atom stereocenters. The molecule has 0 fully saturated rings. The van der Waals surface area contributed by atoms with Crippen LogP contribution >= 0.6 is 11.3 Å². The van der Waals surface area contributed by atoms with Crippen LogP contribution in [0.5, 0.6) is 0 Å². The summed E-state index contributed by atoms with van der Waals surface area (Å²) in [6.45, 7) is 2.37. The molecule has 0 amide bonds. The highest BCUT2D eigenvalue weighted by atomic mass is 32.1. The van der Waals surface area contributed by atoms with E-state index in [9.17, 15) is 0 Å². The highest BCUT2D eigenvalue weighted by Gasteiger charge is 2.40. The van der Waals surface area contributed by atoms with Crippen molar-refractivity contribution in [3.63, 3.8) is 0 Å². The average molecular weight is 669 g/mol. The molecule has 240 valence electrons. The lowest BCUT2D eigenvalue weighted by Gasteiger charge is -2.28. The number of hydrogen-bond donors (Lipinski definition) is 0. The van der Waals surface area contributed by atoms with Gasteiger partial charge >= 0.3 is 0 Å². The minimum atomic E-state index is -0.248. The van der Waals surface area contributed by atoms with E-state index < -0.39 is 0 Å². The lowest BCUT2D eigenvalue weighted by Crippen LogP contribution is -2.22. The molecule has 51 heavy (non-hydrogen) atoms. The van der Waals surface area contributed by atoms with Gasteiger partial charge in [0.25, 0.3) is 0 Å². The van der Waals surface area contributed by atoms with Gasteiger partial charge in [0, 0.05) is 42.3 Å². The SMILES string of the molecule is CC1(c2ccccc2)c2ccccc2-c2ccc(-c3cccc(-c4cc(-c5ccc6sc7ccccc7c6c5)nc(-c5ccccc5)n4)c3)cc21. The quantitative estimate of drug-likeness (QED) is 0.182. The summed E-state index contributed by atoms with van der Waals surface area (Å²) in [4.78, 5) is 10.3. The molecule has 1 aliphatic rings. The third-order valence-corrected chi connectivity index (χ3v) is 11.7. The van der Waals surface area contributed by atoms with Gasteiger partial charge in [0.05, 0.1) is 11.4 Å². The van der Waals surface area contributed by atoms with Crippen molar-refractivity contribution in [3.8, 4) is 56.2 Å². The normalized spacial score (nSPS) is 14.8. The summed E-state index contributed by atoms with van der Waals surface area (Å²) in [5.41, 5.74) is 13.7. The van der Waals surface area contributed by atoms with E-state index in [1.165, 1.54) is 53.6 Å². The van der Waals surface area contributed by atoms with Crippen LogP contribution in [-0.2, 0) is 5.41 Å². The molecule has 1 atom stereocenters. The Morgan fingerprint density at radius 2 is 1.02 bits per heavy atom. The molecule has 2 aromatic heterocycles. The second-order valence-corrected chi connectivity index (χ2v) is 14.6. The van der Waals surface area contributed by atoms with Gasteiger partial charge in [-0.05, 0) is 82.3 Å². The molecule has 2 heterocycles. The Morgan fingerprint density at radius 3 is 1.86 bits per heavy atom. The number of nitrogens with zero attached hydrogens (tertiary/aromatic N) is 2. The Bertz CT molecular complexity index is 2760. The van der Waals surface area contributed by atoms with Gasteiger partial charge in [-0.25, -0.2) is 9.97 Å². The monoisotopic (exact) mass is 668 g/mol. The first kappa shape index (κ1) is 29.7. The van der Waals surface area contributed by atoms with Crippen molar-refractivity contribution in [2.45, 2.75) is 12.3 Å². The second-order valence-electron chi connectivity index (χ2n) is 13.5. The van der Waals surface area contributed by atoms with Gasteiger partial charge in [-0.2, -0.15) is 0 Å². The van der Waals surface area contributed by atoms with Crippen molar-refractivity contribution in [2.24, 2.45) is 0 Å². The zero-order valence-corrected chi connectivity index (χ0v) is 28.9. The van der Waals surface area contributed by atoms with E-state index in [2.05, 4.69) is 165 Å². The first-order valence-corrected chi connectivity index (χ1v) is 18.2. The zero-order valence-electron chi connectivity index (χ0n) is 28.0. The predicted octanol–water partition coefficient (Wildman–Crippen LogP) is 12.8. The molecule has 0 saturated carbocycles. The average Bonchev–Trinajstić information content (AvgIpc) is 3.71. The highest BCUT2D eigenvalue weighted by Crippen LogP contribution is 2.53. The number of thiophene rings is 1. The zero-order chi connectivity index (χ0) is 33.9. The maximum Gasteiger partial charge on any atom is 0.160 e. The van der Waals surface area contributed by atoms with E-state index in [-0.39, 0.29) is 5.41 Å². The van der Waals surface area contributed by atoms with Gasteiger partial charge in [0.2, 0.25) is 0 Å². The maximum absolute atomic E-state index is 5.18. The van der Waals surface area contributed by atoms with E-state index in [1.54, 1.807) is 0 Å². The third-order valence-electron chi connectivity index (χ3n) is 10.6. The molecule has 0 saturated heterocycles. The molecule has 0 radical (unpaired) electrons. The van der Waals surface area contributed by atoms with E-state index in [1.807, 2.05) is 29.5 Å². The molecule has 2 nitrogen and oxygen atoms in total. The molecular formula is C48H32N2S. The lowest BCUT2D eigenvalue weighted by atomic mass is 9.74. The molecule has 1 aliphatic carbocycles. The number of fused-ring (bicyclic) bond motifs is 6. The van der Waals surface area contributed by atoms with Crippen molar-refractivity contribution in [1.29, 1.82) is 0 Å². The van der Waals surface area contributed by atoms with Crippen molar-refractivity contribution in [3.05, 3.63) is 193 Å². The van der Waals surface area contributed by atoms with Crippen molar-refractivity contribution >= 4 is 31.5 Å². The third kappa shape index (κ3) is 4.85. The first-order chi connectivity index (χ1) is 25.1. The van der Waals surface area contributed by atoms with Crippen molar-refractivity contribution in [2.75, 3.05) is 0 Å². The topological polar surface area (TPSA) is 25.8 Å². The molecule has 7 aromatic carbocycles. The lowest BCUT2D eigenvalue weighted by molar-refractivity contribution is 0.714. The van der Waals surface area contributed by atoms with Crippen LogP contribution in [0, 0.1) is 0 Å². The van der Waals surface area contributed by atoms with Gasteiger partial charge in [-0.1, -0.05) is 140 Å². The van der Waals surface area contributed by atoms with Crippen LogP contribution in [0.3, 0.4) is 0 Å². The molecule has 0 N–H and O–H groups in total. The van der Waals surface area contributed by atoms with Crippen molar-refractivity contribution < 1.29 is 0 Å². The number of hydrogen-bond acceptors (Lipinski definition) is 3. The number of rotatable bonds is 5. The predicted molar refractivity (Wildman–Crippen MR) is 214 cm³/mol. The van der Waals surface area contributed by atoms with Gasteiger partial charge in [-0.3, -0.25) is 0 Å². The molecule has 0 spiro atoms. The number of benzene rings is 7. The molecule has 3 heteroatoms. The van der Waals surface area contributed by atoms with Crippen LogP contribution in [0.4, 0.5) is 0 Å². The molecule has 0 aliphatic heterocycles. The van der Waals surface area contributed by atoms with E-state index in [0.717, 1.165) is 39.5 Å². The van der Waals surface area contributed by atoms with Gasteiger partial charge in [0.15, 0.2) is 5.82 Å². The van der Waals surface area contributed by atoms with Crippen LogP contribution in [0.2, 0.25) is 0 Å². The Kier molecular flexibility index (Phi) is 6.83. The van der Waals surface area contributed by atoms with Crippen LogP contribution in [0.1, 0.15) is 23.6 Å². The fraction of sp³-hybridized carbons (Fsp3) is 0.0417. The van der Waals surface area contributed by atoms with Crippen LogP contribution in [0.25, 0.3) is 76.3 Å². The smallest absolute Gasteiger partial charge is 0.160 e. The summed E-state index contributed by atoms with van der Waals surface area (Å²) >= 11 is 1.83. The molecular weight excluding hydrogens is 637 g/mol. The van der Waals surface area contributed by atoms with Gasteiger partial charge in [0.1, 0.15) is 0 Å². The summed E-state index contributed by atoms with van der Waals surface area (Å²) in [7, 11) is 0.